The van der Waals surface area contributed by atoms with E-state index in [-0.39, 0.29) is 91.8 Å². The van der Waals surface area contributed by atoms with Crippen LogP contribution in [0.3, 0.4) is 0 Å². The predicted octanol–water partition coefficient (Wildman–Crippen LogP) is 3.44. The summed E-state index contributed by atoms with van der Waals surface area (Å²) < 4.78 is 14.7. The zero-order valence-corrected chi connectivity index (χ0v) is 46.4. The number of amides is 8. The fourth-order valence-electron chi connectivity index (χ4n) is 12.0. The van der Waals surface area contributed by atoms with Crippen LogP contribution in [0.15, 0.2) is 71.5 Å². The number of aromatic amines is 1. The number of hydrogen-bond donors (Lipinski definition) is 8. The van der Waals surface area contributed by atoms with Gasteiger partial charge in [-0.1, -0.05) is 44.2 Å². The van der Waals surface area contributed by atoms with Gasteiger partial charge in [0.1, 0.15) is 29.9 Å². The molecule has 5 atom stereocenters. The van der Waals surface area contributed by atoms with Crippen molar-refractivity contribution < 1.29 is 57.5 Å². The first kappa shape index (κ1) is 57.9. The molecule has 8 amide bonds. The smallest absolute Gasteiger partial charge is 0.370 e. The maximum absolute atomic E-state index is 15.1. The molecule has 9 N–H and O–H groups in total. The van der Waals surface area contributed by atoms with Crippen LogP contribution in [0.5, 0.6) is 0 Å². The third kappa shape index (κ3) is 12.9. The molecule has 9 rings (SSSR count). The number of piperidine rings is 1. The van der Waals surface area contributed by atoms with Crippen molar-refractivity contribution in [3.05, 3.63) is 105 Å². The Labute approximate surface area is 466 Å². The summed E-state index contributed by atoms with van der Waals surface area (Å²) in [7, 11) is -3.47. The van der Waals surface area contributed by atoms with E-state index in [1.165, 1.54) is 38.3 Å². The number of benzene rings is 3. The molecule has 4 aliphatic rings. The number of rotatable bonds is 18. The van der Waals surface area contributed by atoms with Crippen molar-refractivity contribution in [2.24, 2.45) is 24.6 Å². The van der Waals surface area contributed by atoms with Crippen molar-refractivity contribution in [3.63, 3.8) is 0 Å². The number of aryl methyl sites for hydroxylation is 2. The lowest BCUT2D eigenvalue weighted by molar-refractivity contribution is -0.147. The molecule has 430 valence electrons. The van der Waals surface area contributed by atoms with Crippen LogP contribution < -0.4 is 32.7 Å². The number of imidazole rings is 1. The molecule has 2 aromatic heterocycles. The molecule has 0 bridgehead atoms. The van der Waals surface area contributed by atoms with Gasteiger partial charge in [-0.25, -0.2) is 4.79 Å². The second-order valence-electron chi connectivity index (χ2n) is 22.4. The molecule has 23 nitrogen and oxygen atoms in total. The molecular formula is C57H69N10O13P. The number of carbonyl (C=O) groups excluding carboxylic acids is 9. The Balaban J connectivity index is 0.890. The lowest BCUT2D eigenvalue weighted by Gasteiger charge is -2.40. The zero-order chi connectivity index (χ0) is 58.0. The molecule has 24 heteroatoms. The number of aromatic nitrogens is 3. The first-order chi connectivity index (χ1) is 38.5. The number of fused-ring (bicyclic) bond motifs is 3. The van der Waals surface area contributed by atoms with Crippen molar-refractivity contribution in [1.29, 1.82) is 0 Å². The first-order valence-corrected chi connectivity index (χ1v) is 29.3. The van der Waals surface area contributed by atoms with E-state index in [4.69, 9.17) is 5.73 Å². The quantitative estimate of drug-likeness (QED) is 0.0461. The molecule has 5 heterocycles. The van der Waals surface area contributed by atoms with Crippen LogP contribution in [0.1, 0.15) is 140 Å². The Kier molecular flexibility index (Phi) is 17.3. The molecule has 2 unspecified atom stereocenters. The van der Waals surface area contributed by atoms with Crippen molar-refractivity contribution in [2.45, 2.75) is 140 Å². The van der Waals surface area contributed by atoms with E-state index in [1.807, 2.05) is 42.5 Å². The molecule has 4 fully saturated rings. The normalized spacial score (nSPS) is 22.0. The van der Waals surface area contributed by atoms with E-state index >= 15 is 4.79 Å². The van der Waals surface area contributed by atoms with Gasteiger partial charge in [0.25, 0.3) is 11.4 Å². The largest absolute Gasteiger partial charge is 0.396 e. The van der Waals surface area contributed by atoms with Gasteiger partial charge in [0.2, 0.25) is 41.4 Å². The minimum absolute atomic E-state index is 0.0575. The monoisotopic (exact) mass is 1130 g/mol. The van der Waals surface area contributed by atoms with Gasteiger partial charge in [0.05, 0.1) is 11.0 Å². The Morgan fingerprint density at radius 3 is 2.26 bits per heavy atom. The number of nitrogens with two attached hydrogens (primary N) is 1. The minimum atomic E-state index is -5.12. The summed E-state index contributed by atoms with van der Waals surface area (Å²) in [4.78, 5) is 159. The highest BCUT2D eigenvalue weighted by molar-refractivity contribution is 7.70. The number of primary amides is 1. The minimum Gasteiger partial charge on any atom is -0.370 e. The maximum atomic E-state index is 15.1. The topological polar surface area (TPSA) is 335 Å². The molecule has 0 spiro atoms. The molecule has 3 saturated heterocycles. The van der Waals surface area contributed by atoms with Crippen molar-refractivity contribution in [3.8, 4) is 0 Å². The molecule has 5 aromatic rings. The van der Waals surface area contributed by atoms with Gasteiger partial charge in [0.15, 0.2) is 0 Å². The second kappa shape index (κ2) is 24.1. The van der Waals surface area contributed by atoms with E-state index in [1.54, 1.807) is 11.9 Å². The van der Waals surface area contributed by atoms with Crippen LogP contribution in [0.4, 0.5) is 0 Å². The Morgan fingerprint density at radius 1 is 0.840 bits per heavy atom. The van der Waals surface area contributed by atoms with Crippen LogP contribution >= 0.6 is 7.60 Å². The summed E-state index contributed by atoms with van der Waals surface area (Å²) in [6, 6.07) is 13.7. The Morgan fingerprint density at radius 2 is 1.57 bits per heavy atom. The summed E-state index contributed by atoms with van der Waals surface area (Å²) in [5, 5.41) is 11.0. The standard InChI is InChI=1S/C57H69N10O13P/c1-31(2)35-11-8-34(9-12-35)29-59-50(70)41(18-22-48(58)68)61-52(72)45-20-16-39-24-25-65(30-43(55(75)66(39)45)62-51(71)42-28-38-27-37(15-17-40(38)60-42)56(76)81(78,79)80)54(74)36-13-6-32(7-14-36)4-5-33-10-19-44-47(26-33)64(3)57(77)67(44)46-21-23-49(69)63-53(46)73/h8-12,15,17,19,26-28,31-32,36,39,41,43,45-46,60H,4-7,13-14,16,18,20-25,29-30H2,1-3H3,(H2,58,68)(H,59,70)(H,61,72)(H,62,71)(H,63,69,73)(H2,78,79,80)/t32?,36?,39-,41?,43+,45+,46?/m1/s1. The SMILES string of the molecule is CC(C)c1ccc(CNC(=O)C(CCC(N)=O)NC(=O)[C@@H]2CC[C@@H]3CCN(C(=O)C4CCC(CCc5ccc6c(c5)n(C)c(=O)n6C5CCC(=O)NC5=O)CC4)C[C@H](NC(=O)c4cc5cc(C(=O)P(=O)(O)O)ccc5[nH]4)C(=O)N32)cc1. The van der Waals surface area contributed by atoms with E-state index in [0.717, 1.165) is 36.0 Å². The molecular weight excluding hydrogens is 1060 g/mol. The van der Waals surface area contributed by atoms with Crippen molar-refractivity contribution >= 4 is 82.3 Å². The third-order valence-corrected chi connectivity index (χ3v) is 17.4. The lowest BCUT2D eigenvalue weighted by Crippen LogP contribution is -2.62. The van der Waals surface area contributed by atoms with Gasteiger partial charge in [0, 0.05) is 67.9 Å². The van der Waals surface area contributed by atoms with Crippen LogP contribution in [-0.4, -0.2) is 124 Å². The van der Waals surface area contributed by atoms with E-state index in [2.05, 4.69) is 40.1 Å². The second-order valence-corrected chi connectivity index (χ2v) is 23.9. The molecule has 3 aromatic carbocycles. The summed E-state index contributed by atoms with van der Waals surface area (Å²) in [6.07, 6.45) is 5.18. The first-order valence-electron chi connectivity index (χ1n) is 27.7. The van der Waals surface area contributed by atoms with Crippen molar-refractivity contribution in [1.82, 2.24) is 45.2 Å². The van der Waals surface area contributed by atoms with Crippen LogP contribution in [-0.2, 0) is 58.1 Å². The highest BCUT2D eigenvalue weighted by atomic mass is 31.2. The van der Waals surface area contributed by atoms with Crippen LogP contribution in [0.2, 0.25) is 0 Å². The number of imide groups is 1. The van der Waals surface area contributed by atoms with Crippen molar-refractivity contribution in [2.75, 3.05) is 13.1 Å². The number of carbonyl (C=O) groups is 9. The predicted molar refractivity (Wildman–Crippen MR) is 296 cm³/mol. The molecule has 1 saturated carbocycles. The molecule has 3 aliphatic heterocycles. The summed E-state index contributed by atoms with van der Waals surface area (Å²) in [5.41, 5.74) is 8.00. The zero-order valence-electron chi connectivity index (χ0n) is 45.5. The number of H-pyrrole nitrogens is 1. The highest BCUT2D eigenvalue weighted by Crippen LogP contribution is 2.40. The average molecular weight is 1130 g/mol. The van der Waals surface area contributed by atoms with Crippen LogP contribution in [0, 0.1) is 11.8 Å². The Hall–Kier alpha value is -7.75. The molecule has 81 heavy (non-hydrogen) atoms. The summed E-state index contributed by atoms with van der Waals surface area (Å²) >= 11 is 0. The summed E-state index contributed by atoms with van der Waals surface area (Å²) in [6.45, 7) is 4.25. The fraction of sp³-hybridized carbons (Fsp3) is 0.474. The van der Waals surface area contributed by atoms with Gasteiger partial charge in [-0.05, 0) is 136 Å². The van der Waals surface area contributed by atoms with Gasteiger partial charge < -0.3 is 46.3 Å². The van der Waals surface area contributed by atoms with E-state index in [9.17, 15) is 57.5 Å². The summed E-state index contributed by atoms with van der Waals surface area (Å²) in [5.74, 6) is -4.07. The highest BCUT2D eigenvalue weighted by Gasteiger charge is 2.47. The van der Waals surface area contributed by atoms with Gasteiger partial charge >= 0.3 is 13.3 Å². The molecule has 1 aliphatic carbocycles. The number of nitrogens with zero attached hydrogens (tertiary/aromatic N) is 4. The maximum Gasteiger partial charge on any atom is 0.396 e. The lowest BCUT2D eigenvalue weighted by atomic mass is 9.79. The average Bonchev–Trinajstić information content (AvgIpc) is 4.26. The fourth-order valence-corrected chi connectivity index (χ4v) is 12.5. The number of hydrogen-bond acceptors (Lipinski definition) is 11. The van der Waals surface area contributed by atoms with E-state index < -0.39 is 78.8 Å². The van der Waals surface area contributed by atoms with Gasteiger partial charge in [-0.2, -0.15) is 0 Å². The van der Waals surface area contributed by atoms with Gasteiger partial charge in [-0.3, -0.25) is 62.2 Å². The van der Waals surface area contributed by atoms with E-state index in [0.29, 0.717) is 60.5 Å². The third-order valence-electron chi connectivity index (χ3n) is 16.6. The number of nitrogens with one attached hydrogen (secondary N) is 5. The van der Waals surface area contributed by atoms with Crippen LogP contribution in [0.25, 0.3) is 21.9 Å². The van der Waals surface area contributed by atoms with Gasteiger partial charge in [-0.15, -0.1) is 0 Å². The Bertz CT molecular complexity index is 3430. The molecule has 0 radical (unpaired) electrons.